The fourth-order valence-electron chi connectivity index (χ4n) is 2.85. The summed E-state index contributed by atoms with van der Waals surface area (Å²) in [4.78, 5) is 29.0. The van der Waals surface area contributed by atoms with Crippen molar-refractivity contribution in [2.75, 3.05) is 12.3 Å². The molecule has 0 saturated heterocycles. The number of nitrogen functional groups attached to an aromatic ring is 1. The fraction of sp³-hybridized carbons (Fsp3) is 0.167. The SMILES string of the molecule is Nc1ncnc2c1ncn2CCCOC(=O)c1cc(Cl)nc2ccccc12. The molecule has 0 aliphatic carbocycles. The molecule has 0 atom stereocenters. The molecule has 0 saturated carbocycles. The van der Waals surface area contributed by atoms with Gasteiger partial charge in [-0.15, -0.1) is 0 Å². The van der Waals surface area contributed by atoms with E-state index in [9.17, 15) is 4.79 Å². The summed E-state index contributed by atoms with van der Waals surface area (Å²) in [6, 6.07) is 8.82. The first-order chi connectivity index (χ1) is 13.1. The van der Waals surface area contributed by atoms with Gasteiger partial charge in [0.25, 0.3) is 0 Å². The lowest BCUT2D eigenvalue weighted by Crippen LogP contribution is -2.10. The number of para-hydroxylation sites is 1. The van der Waals surface area contributed by atoms with Gasteiger partial charge in [-0.25, -0.2) is 24.7 Å². The number of benzene rings is 1. The first-order valence-corrected chi connectivity index (χ1v) is 8.65. The predicted octanol–water partition coefficient (Wildman–Crippen LogP) is 2.86. The van der Waals surface area contributed by atoms with Crippen LogP contribution in [-0.2, 0) is 11.3 Å². The Morgan fingerprint density at radius 1 is 1.22 bits per heavy atom. The number of ether oxygens (including phenoxy) is 1. The van der Waals surface area contributed by atoms with Crippen molar-refractivity contribution in [1.82, 2.24) is 24.5 Å². The molecular weight excluding hydrogens is 368 g/mol. The van der Waals surface area contributed by atoms with Crippen molar-refractivity contribution in [3.63, 3.8) is 0 Å². The molecule has 0 bridgehead atoms. The number of nitrogens with zero attached hydrogens (tertiary/aromatic N) is 5. The van der Waals surface area contributed by atoms with Crippen molar-refractivity contribution in [3.8, 4) is 0 Å². The first kappa shape index (κ1) is 17.2. The Morgan fingerprint density at radius 3 is 2.96 bits per heavy atom. The maximum absolute atomic E-state index is 12.5. The molecule has 3 heterocycles. The molecule has 0 aliphatic heterocycles. The molecule has 3 aromatic heterocycles. The topological polar surface area (TPSA) is 109 Å². The van der Waals surface area contributed by atoms with E-state index >= 15 is 0 Å². The molecule has 4 rings (SSSR count). The standard InChI is InChI=1S/C18H15ClN6O2/c19-14-8-12(11-4-1-2-5-13(11)24-14)18(26)27-7-3-6-25-10-23-15-16(20)21-9-22-17(15)25/h1-2,4-5,8-10H,3,6-7H2,(H2,20,21,22). The molecule has 0 aliphatic rings. The number of carbonyl (C=O) groups excluding carboxylic acids is 1. The lowest BCUT2D eigenvalue weighted by Gasteiger charge is -2.08. The molecule has 0 amide bonds. The van der Waals surface area contributed by atoms with E-state index in [1.807, 2.05) is 22.8 Å². The zero-order chi connectivity index (χ0) is 18.8. The summed E-state index contributed by atoms with van der Waals surface area (Å²) in [5.41, 5.74) is 8.04. The van der Waals surface area contributed by atoms with E-state index in [1.54, 1.807) is 12.4 Å². The largest absolute Gasteiger partial charge is 0.462 e. The van der Waals surface area contributed by atoms with Gasteiger partial charge in [0.2, 0.25) is 0 Å². The zero-order valence-corrected chi connectivity index (χ0v) is 14.9. The second-order valence-electron chi connectivity index (χ2n) is 5.87. The lowest BCUT2D eigenvalue weighted by atomic mass is 10.1. The number of carbonyl (C=O) groups is 1. The van der Waals surface area contributed by atoms with Gasteiger partial charge >= 0.3 is 5.97 Å². The average Bonchev–Trinajstić information content (AvgIpc) is 3.09. The van der Waals surface area contributed by atoms with Crippen molar-refractivity contribution in [2.45, 2.75) is 13.0 Å². The van der Waals surface area contributed by atoms with Crippen LogP contribution < -0.4 is 5.73 Å². The van der Waals surface area contributed by atoms with Crippen LogP contribution in [-0.4, -0.2) is 37.1 Å². The van der Waals surface area contributed by atoms with Gasteiger partial charge in [-0.05, 0) is 18.6 Å². The van der Waals surface area contributed by atoms with Crippen LogP contribution in [0.25, 0.3) is 22.1 Å². The van der Waals surface area contributed by atoms with Gasteiger partial charge in [0.1, 0.15) is 17.0 Å². The van der Waals surface area contributed by atoms with E-state index in [4.69, 9.17) is 22.1 Å². The predicted molar refractivity (Wildman–Crippen MR) is 101 cm³/mol. The highest BCUT2D eigenvalue weighted by Crippen LogP contribution is 2.21. The molecule has 27 heavy (non-hydrogen) atoms. The number of hydrogen-bond acceptors (Lipinski definition) is 7. The quantitative estimate of drug-likeness (QED) is 0.321. The van der Waals surface area contributed by atoms with Crippen LogP contribution in [0.3, 0.4) is 0 Å². The van der Waals surface area contributed by atoms with Gasteiger partial charge in [0.15, 0.2) is 11.5 Å². The van der Waals surface area contributed by atoms with Crippen LogP contribution in [0, 0.1) is 0 Å². The van der Waals surface area contributed by atoms with Gasteiger partial charge in [-0.3, -0.25) is 0 Å². The summed E-state index contributed by atoms with van der Waals surface area (Å²) in [6.45, 7) is 0.825. The Bertz CT molecular complexity index is 1140. The monoisotopic (exact) mass is 382 g/mol. The van der Waals surface area contributed by atoms with Crippen molar-refractivity contribution < 1.29 is 9.53 Å². The number of fused-ring (bicyclic) bond motifs is 2. The molecule has 0 radical (unpaired) electrons. The first-order valence-electron chi connectivity index (χ1n) is 8.27. The maximum Gasteiger partial charge on any atom is 0.338 e. The molecule has 9 heteroatoms. The van der Waals surface area contributed by atoms with Crippen LogP contribution in [0.4, 0.5) is 5.82 Å². The van der Waals surface area contributed by atoms with Crippen LogP contribution in [0.2, 0.25) is 5.15 Å². The van der Waals surface area contributed by atoms with Gasteiger partial charge in [-0.2, -0.15) is 0 Å². The number of hydrogen-bond donors (Lipinski definition) is 1. The van der Waals surface area contributed by atoms with Gasteiger partial charge in [0, 0.05) is 11.9 Å². The fourth-order valence-corrected chi connectivity index (χ4v) is 3.05. The minimum Gasteiger partial charge on any atom is -0.462 e. The van der Waals surface area contributed by atoms with E-state index in [1.165, 1.54) is 12.4 Å². The lowest BCUT2D eigenvalue weighted by molar-refractivity contribution is 0.0498. The number of aromatic nitrogens is 5. The molecule has 0 unspecified atom stereocenters. The van der Waals surface area contributed by atoms with Crippen molar-refractivity contribution in [3.05, 3.63) is 53.7 Å². The third-order valence-corrected chi connectivity index (χ3v) is 4.30. The van der Waals surface area contributed by atoms with E-state index < -0.39 is 5.97 Å². The molecule has 8 nitrogen and oxygen atoms in total. The summed E-state index contributed by atoms with van der Waals surface area (Å²) in [5, 5.41) is 0.961. The third-order valence-electron chi connectivity index (χ3n) is 4.11. The Kier molecular flexibility index (Phi) is 4.55. The van der Waals surface area contributed by atoms with Gasteiger partial charge in [0.05, 0.1) is 24.0 Å². The number of anilines is 1. The second-order valence-corrected chi connectivity index (χ2v) is 6.26. The molecule has 0 fully saturated rings. The summed E-state index contributed by atoms with van der Waals surface area (Å²) in [6.07, 6.45) is 3.64. The molecular formula is C18H15ClN6O2. The van der Waals surface area contributed by atoms with E-state index in [2.05, 4.69) is 19.9 Å². The summed E-state index contributed by atoms with van der Waals surface area (Å²) < 4.78 is 7.26. The molecule has 2 N–H and O–H groups in total. The van der Waals surface area contributed by atoms with Gasteiger partial charge in [-0.1, -0.05) is 29.8 Å². The van der Waals surface area contributed by atoms with Crippen molar-refractivity contribution >= 4 is 45.5 Å². The average molecular weight is 383 g/mol. The minimum atomic E-state index is -0.433. The maximum atomic E-state index is 12.5. The number of aryl methyl sites for hydroxylation is 1. The number of rotatable bonds is 5. The molecule has 4 aromatic rings. The number of imidazole rings is 1. The van der Waals surface area contributed by atoms with Crippen LogP contribution in [0.1, 0.15) is 16.8 Å². The number of pyridine rings is 1. The van der Waals surface area contributed by atoms with Crippen LogP contribution in [0.15, 0.2) is 43.0 Å². The highest BCUT2D eigenvalue weighted by atomic mass is 35.5. The summed E-state index contributed by atoms with van der Waals surface area (Å²) >= 11 is 6.01. The number of esters is 1. The Labute approximate surface area is 159 Å². The van der Waals surface area contributed by atoms with Crippen LogP contribution >= 0.6 is 11.6 Å². The van der Waals surface area contributed by atoms with Crippen molar-refractivity contribution in [1.29, 1.82) is 0 Å². The Balaban J connectivity index is 1.42. The summed E-state index contributed by atoms with van der Waals surface area (Å²) in [7, 11) is 0. The van der Waals surface area contributed by atoms with Crippen LogP contribution in [0.5, 0.6) is 0 Å². The molecule has 1 aromatic carbocycles. The molecule has 136 valence electrons. The number of nitrogens with two attached hydrogens (primary N) is 1. The minimum absolute atomic E-state index is 0.243. The summed E-state index contributed by atoms with van der Waals surface area (Å²) in [5.74, 6) is -0.0934. The van der Waals surface area contributed by atoms with Gasteiger partial charge < -0.3 is 15.0 Å². The third kappa shape index (κ3) is 3.39. The van der Waals surface area contributed by atoms with E-state index in [0.29, 0.717) is 46.4 Å². The second kappa shape index (κ2) is 7.16. The molecule has 0 spiro atoms. The number of halogens is 1. The van der Waals surface area contributed by atoms with E-state index in [0.717, 1.165) is 0 Å². The normalized spacial score (nSPS) is 11.1. The Hall–Kier alpha value is -3.26. The smallest absolute Gasteiger partial charge is 0.338 e. The highest BCUT2D eigenvalue weighted by Gasteiger charge is 2.14. The van der Waals surface area contributed by atoms with Crippen molar-refractivity contribution in [2.24, 2.45) is 0 Å². The van der Waals surface area contributed by atoms with E-state index in [-0.39, 0.29) is 11.8 Å². The zero-order valence-electron chi connectivity index (χ0n) is 14.2. The highest BCUT2D eigenvalue weighted by molar-refractivity contribution is 6.30. The Morgan fingerprint density at radius 2 is 2.07 bits per heavy atom.